The number of aromatic nitrogens is 3. The Labute approximate surface area is 110 Å². The quantitative estimate of drug-likeness (QED) is 0.737. The molecule has 0 saturated carbocycles. The van der Waals surface area contributed by atoms with Gasteiger partial charge in [-0.15, -0.1) is 0 Å². The molecule has 0 bridgehead atoms. The van der Waals surface area contributed by atoms with Crippen molar-refractivity contribution >= 4 is 10.9 Å². The van der Waals surface area contributed by atoms with E-state index in [0.717, 1.165) is 35.9 Å². The number of hydrogen-bond donors (Lipinski definition) is 2. The van der Waals surface area contributed by atoms with Crippen LogP contribution in [-0.4, -0.2) is 21.7 Å². The lowest BCUT2D eigenvalue weighted by Gasteiger charge is -2.01. The van der Waals surface area contributed by atoms with Gasteiger partial charge in [-0.1, -0.05) is 17.3 Å². The van der Waals surface area contributed by atoms with Gasteiger partial charge in [0.1, 0.15) is 0 Å². The summed E-state index contributed by atoms with van der Waals surface area (Å²) in [5.41, 5.74) is 2.09. The molecule has 4 rings (SSSR count). The first-order valence-electron chi connectivity index (χ1n) is 6.55. The number of hydrogen-bond acceptors (Lipinski definition) is 4. The first kappa shape index (κ1) is 10.8. The number of aromatic amines is 1. The molecule has 2 aromatic heterocycles. The lowest BCUT2D eigenvalue weighted by molar-refractivity contribution is 0.345. The zero-order valence-electron chi connectivity index (χ0n) is 10.4. The predicted octanol–water partition coefficient (Wildman–Crippen LogP) is 2.64. The van der Waals surface area contributed by atoms with Crippen molar-refractivity contribution in [3.05, 3.63) is 36.4 Å². The van der Waals surface area contributed by atoms with Crippen LogP contribution in [-0.2, 0) is 0 Å². The average Bonchev–Trinajstić information content (AvgIpc) is 3.18. The van der Waals surface area contributed by atoms with Crippen LogP contribution in [0.1, 0.15) is 24.8 Å². The van der Waals surface area contributed by atoms with Crippen LogP contribution in [0.2, 0.25) is 0 Å². The maximum atomic E-state index is 5.39. The molecule has 3 aromatic rings. The van der Waals surface area contributed by atoms with Crippen molar-refractivity contribution in [2.24, 2.45) is 0 Å². The smallest absolute Gasteiger partial charge is 0.244 e. The number of nitrogens with zero attached hydrogens (tertiary/aromatic N) is 2. The van der Waals surface area contributed by atoms with E-state index in [1.807, 2.05) is 30.5 Å². The molecule has 1 aliphatic heterocycles. The molecule has 1 aromatic carbocycles. The summed E-state index contributed by atoms with van der Waals surface area (Å²) in [4.78, 5) is 7.73. The zero-order valence-corrected chi connectivity index (χ0v) is 10.4. The molecule has 1 aliphatic rings. The minimum absolute atomic E-state index is 0.215. The van der Waals surface area contributed by atoms with Crippen LogP contribution < -0.4 is 5.32 Å². The molecule has 19 heavy (non-hydrogen) atoms. The fourth-order valence-corrected chi connectivity index (χ4v) is 2.66. The summed E-state index contributed by atoms with van der Waals surface area (Å²) in [5.74, 6) is 1.36. The monoisotopic (exact) mass is 254 g/mol. The van der Waals surface area contributed by atoms with E-state index >= 15 is 0 Å². The lowest BCUT2D eigenvalue weighted by atomic mass is 10.1. The molecule has 3 heterocycles. The molecule has 5 nitrogen and oxygen atoms in total. The van der Waals surface area contributed by atoms with Crippen LogP contribution in [0, 0.1) is 0 Å². The minimum Gasteiger partial charge on any atom is -0.361 e. The number of benzene rings is 1. The number of nitrogens with one attached hydrogen (secondary N) is 2. The standard InChI is InChI=1S/C14H14N4O/c1-3-10(9-6-8-16-11(9)4-1)13-17-14(19-18-13)12-5-2-7-15-12/h1,3-4,6,8,12,15-16H,2,5,7H2/t12-/m0/s1. The second kappa shape index (κ2) is 4.20. The molecule has 1 fully saturated rings. The van der Waals surface area contributed by atoms with Gasteiger partial charge in [0.2, 0.25) is 11.7 Å². The maximum absolute atomic E-state index is 5.39. The molecule has 1 atom stereocenters. The van der Waals surface area contributed by atoms with E-state index in [0.29, 0.717) is 11.7 Å². The Morgan fingerprint density at radius 3 is 3.16 bits per heavy atom. The van der Waals surface area contributed by atoms with E-state index in [1.165, 1.54) is 0 Å². The summed E-state index contributed by atoms with van der Waals surface area (Å²) in [5, 5.41) is 8.61. The van der Waals surface area contributed by atoms with Crippen LogP contribution >= 0.6 is 0 Å². The summed E-state index contributed by atoms with van der Waals surface area (Å²) in [6.07, 6.45) is 4.15. The fraction of sp³-hybridized carbons (Fsp3) is 0.286. The van der Waals surface area contributed by atoms with Gasteiger partial charge in [-0.3, -0.25) is 0 Å². The molecule has 0 amide bonds. The van der Waals surface area contributed by atoms with Crippen molar-refractivity contribution in [2.45, 2.75) is 18.9 Å². The molecule has 2 N–H and O–H groups in total. The highest BCUT2D eigenvalue weighted by molar-refractivity contribution is 5.93. The van der Waals surface area contributed by atoms with Gasteiger partial charge in [0.25, 0.3) is 0 Å². The third-order valence-electron chi connectivity index (χ3n) is 3.64. The number of H-pyrrole nitrogens is 1. The Hall–Kier alpha value is -2.14. The number of rotatable bonds is 2. The summed E-state index contributed by atoms with van der Waals surface area (Å²) < 4.78 is 5.39. The summed E-state index contributed by atoms with van der Waals surface area (Å²) in [7, 11) is 0. The van der Waals surface area contributed by atoms with Crippen LogP contribution in [0.15, 0.2) is 35.0 Å². The second-order valence-electron chi connectivity index (χ2n) is 4.85. The van der Waals surface area contributed by atoms with Gasteiger partial charge in [-0.25, -0.2) is 0 Å². The highest BCUT2D eigenvalue weighted by atomic mass is 16.5. The molecule has 96 valence electrons. The first-order chi connectivity index (χ1) is 9.42. The van der Waals surface area contributed by atoms with Gasteiger partial charge in [0.15, 0.2) is 0 Å². The normalized spacial score (nSPS) is 19.3. The maximum Gasteiger partial charge on any atom is 0.244 e. The van der Waals surface area contributed by atoms with Crippen LogP contribution in [0.4, 0.5) is 0 Å². The Kier molecular flexibility index (Phi) is 2.38. The highest BCUT2D eigenvalue weighted by Crippen LogP contribution is 2.28. The van der Waals surface area contributed by atoms with Crippen molar-refractivity contribution in [1.29, 1.82) is 0 Å². The van der Waals surface area contributed by atoms with E-state index in [4.69, 9.17) is 4.52 Å². The predicted molar refractivity (Wildman–Crippen MR) is 71.6 cm³/mol. The Morgan fingerprint density at radius 2 is 2.26 bits per heavy atom. The second-order valence-corrected chi connectivity index (χ2v) is 4.85. The lowest BCUT2D eigenvalue weighted by Crippen LogP contribution is -2.12. The minimum atomic E-state index is 0.215. The third kappa shape index (κ3) is 1.74. The zero-order chi connectivity index (χ0) is 12.7. The third-order valence-corrected chi connectivity index (χ3v) is 3.64. The summed E-state index contributed by atoms with van der Waals surface area (Å²) >= 11 is 0. The van der Waals surface area contributed by atoms with E-state index in [1.54, 1.807) is 0 Å². The summed E-state index contributed by atoms with van der Waals surface area (Å²) in [6, 6.07) is 8.31. The van der Waals surface area contributed by atoms with Gasteiger partial charge in [-0.05, 0) is 31.5 Å². The molecule has 5 heteroatoms. The summed E-state index contributed by atoms with van der Waals surface area (Å²) in [6.45, 7) is 1.02. The van der Waals surface area contributed by atoms with Crippen molar-refractivity contribution in [3.63, 3.8) is 0 Å². The van der Waals surface area contributed by atoms with Gasteiger partial charge < -0.3 is 14.8 Å². The van der Waals surface area contributed by atoms with Crippen molar-refractivity contribution in [3.8, 4) is 11.4 Å². The van der Waals surface area contributed by atoms with Crippen LogP contribution in [0.5, 0.6) is 0 Å². The molecule has 0 aliphatic carbocycles. The Morgan fingerprint density at radius 1 is 1.26 bits per heavy atom. The Balaban J connectivity index is 1.77. The largest absolute Gasteiger partial charge is 0.361 e. The molecule has 0 unspecified atom stereocenters. The molecule has 0 radical (unpaired) electrons. The average molecular weight is 254 g/mol. The van der Waals surface area contributed by atoms with Gasteiger partial charge >= 0.3 is 0 Å². The topological polar surface area (TPSA) is 66.7 Å². The molecule has 1 saturated heterocycles. The van der Waals surface area contributed by atoms with E-state index in [9.17, 15) is 0 Å². The molecular formula is C14H14N4O. The van der Waals surface area contributed by atoms with Gasteiger partial charge in [-0.2, -0.15) is 4.98 Å². The van der Waals surface area contributed by atoms with Crippen LogP contribution in [0.3, 0.4) is 0 Å². The van der Waals surface area contributed by atoms with Gasteiger partial charge in [0.05, 0.1) is 6.04 Å². The van der Waals surface area contributed by atoms with Crippen molar-refractivity contribution < 1.29 is 4.52 Å². The SMILES string of the molecule is c1cc(-c2noc([C@@H]3CCCN3)n2)c2cc[nH]c2c1. The van der Waals surface area contributed by atoms with Crippen LogP contribution in [0.25, 0.3) is 22.3 Å². The highest BCUT2D eigenvalue weighted by Gasteiger charge is 2.23. The van der Waals surface area contributed by atoms with E-state index in [-0.39, 0.29) is 6.04 Å². The van der Waals surface area contributed by atoms with Gasteiger partial charge in [0, 0.05) is 22.7 Å². The van der Waals surface area contributed by atoms with Crippen molar-refractivity contribution in [2.75, 3.05) is 6.54 Å². The fourth-order valence-electron chi connectivity index (χ4n) is 2.66. The Bertz CT molecular complexity index is 709. The number of fused-ring (bicyclic) bond motifs is 1. The molecular weight excluding hydrogens is 240 g/mol. The first-order valence-corrected chi connectivity index (χ1v) is 6.55. The van der Waals surface area contributed by atoms with Crippen molar-refractivity contribution in [1.82, 2.24) is 20.4 Å². The van der Waals surface area contributed by atoms with E-state index < -0.39 is 0 Å². The molecule has 0 spiro atoms. The van der Waals surface area contributed by atoms with E-state index in [2.05, 4.69) is 20.4 Å².